The van der Waals surface area contributed by atoms with Crippen molar-refractivity contribution in [1.82, 2.24) is 5.32 Å². The summed E-state index contributed by atoms with van der Waals surface area (Å²) in [5, 5.41) is 1.85. The van der Waals surface area contributed by atoms with Gasteiger partial charge >= 0.3 is 0 Å². The van der Waals surface area contributed by atoms with Crippen molar-refractivity contribution in [1.29, 1.82) is 0 Å². The molecule has 6 heteroatoms. The molecular formula is C10H11F2NO2S. The molecule has 0 bridgehead atoms. The second kappa shape index (κ2) is 3.49. The Morgan fingerprint density at radius 1 is 1.25 bits per heavy atom. The largest absolute Gasteiger partial charge is 0.312 e. The van der Waals surface area contributed by atoms with E-state index in [1.807, 2.05) is 0 Å². The molecule has 1 N–H and O–H groups in total. The fraction of sp³-hybridized carbons (Fsp3) is 0.400. The Bertz CT molecular complexity index is 542. The van der Waals surface area contributed by atoms with Gasteiger partial charge < -0.3 is 5.32 Å². The molecule has 88 valence electrons. The van der Waals surface area contributed by atoms with Crippen LogP contribution >= 0.6 is 0 Å². The maximum atomic E-state index is 13.6. The highest BCUT2D eigenvalue weighted by atomic mass is 32.2. The lowest BCUT2D eigenvalue weighted by molar-refractivity contribution is 0.515. The standard InChI is InChI=1S/C10H11F2NO2S/c1-5-9(13-2)8-6(11)3-4-7(12)10(8)16(5,14)15/h3-5,9,13H,1-2H3. The lowest BCUT2D eigenvalue weighted by atomic mass is 10.0. The van der Waals surface area contributed by atoms with Crippen LogP contribution in [0, 0.1) is 11.6 Å². The van der Waals surface area contributed by atoms with Gasteiger partial charge in [-0.3, -0.25) is 0 Å². The second-order valence-corrected chi connectivity index (χ2v) is 6.03. The average Bonchev–Trinajstić information content (AvgIpc) is 2.43. The van der Waals surface area contributed by atoms with Crippen LogP contribution in [0.2, 0.25) is 0 Å². The summed E-state index contributed by atoms with van der Waals surface area (Å²) < 4.78 is 50.8. The summed E-state index contributed by atoms with van der Waals surface area (Å²) in [6, 6.07) is 1.10. The Balaban J connectivity index is 2.84. The number of rotatable bonds is 1. The molecule has 0 amide bonds. The molecular weight excluding hydrogens is 236 g/mol. The summed E-state index contributed by atoms with van der Waals surface area (Å²) in [5.41, 5.74) is -0.0880. The Morgan fingerprint density at radius 2 is 1.81 bits per heavy atom. The summed E-state index contributed by atoms with van der Waals surface area (Å²) in [6.07, 6.45) is 0. The SMILES string of the molecule is CNC1c2c(F)ccc(F)c2S(=O)(=O)C1C. The maximum Gasteiger partial charge on any atom is 0.186 e. The van der Waals surface area contributed by atoms with Gasteiger partial charge in [0.15, 0.2) is 9.84 Å². The minimum atomic E-state index is -3.78. The van der Waals surface area contributed by atoms with Crippen molar-refractivity contribution < 1.29 is 17.2 Å². The first-order chi connectivity index (χ1) is 7.41. The number of benzene rings is 1. The number of halogens is 2. The van der Waals surface area contributed by atoms with Crippen LogP contribution in [0.1, 0.15) is 18.5 Å². The van der Waals surface area contributed by atoms with Crippen molar-refractivity contribution in [3.05, 3.63) is 29.3 Å². The van der Waals surface area contributed by atoms with Gasteiger partial charge in [0.05, 0.1) is 11.3 Å². The van der Waals surface area contributed by atoms with Crippen LogP contribution < -0.4 is 5.32 Å². The van der Waals surface area contributed by atoms with Gasteiger partial charge in [-0.25, -0.2) is 17.2 Å². The number of sulfone groups is 1. The number of hydrogen-bond acceptors (Lipinski definition) is 3. The zero-order chi connectivity index (χ0) is 12.1. The Kier molecular flexibility index (Phi) is 2.51. The first-order valence-electron chi connectivity index (χ1n) is 4.80. The summed E-state index contributed by atoms with van der Waals surface area (Å²) in [4.78, 5) is -0.501. The molecule has 0 radical (unpaired) electrons. The van der Waals surface area contributed by atoms with E-state index in [0.29, 0.717) is 0 Å². The van der Waals surface area contributed by atoms with Crippen LogP contribution in [0.5, 0.6) is 0 Å². The lowest BCUT2D eigenvalue weighted by Gasteiger charge is -2.13. The molecule has 0 fully saturated rings. The lowest BCUT2D eigenvalue weighted by Crippen LogP contribution is -2.26. The van der Waals surface area contributed by atoms with Crippen molar-refractivity contribution in [3.8, 4) is 0 Å². The van der Waals surface area contributed by atoms with Crippen molar-refractivity contribution >= 4 is 9.84 Å². The van der Waals surface area contributed by atoms with Gasteiger partial charge in [0.2, 0.25) is 0 Å². The molecule has 0 saturated carbocycles. The molecule has 1 aliphatic rings. The van der Waals surface area contributed by atoms with Crippen LogP contribution in [0.15, 0.2) is 17.0 Å². The summed E-state index contributed by atoms with van der Waals surface area (Å²) in [7, 11) is -2.25. The van der Waals surface area contributed by atoms with E-state index in [9.17, 15) is 17.2 Å². The Hall–Kier alpha value is -1.01. The fourth-order valence-electron chi connectivity index (χ4n) is 2.11. The highest BCUT2D eigenvalue weighted by Gasteiger charge is 2.45. The molecule has 0 aromatic heterocycles. The van der Waals surface area contributed by atoms with E-state index in [2.05, 4.69) is 5.32 Å². The first-order valence-corrected chi connectivity index (χ1v) is 6.35. The molecule has 2 unspecified atom stereocenters. The van der Waals surface area contributed by atoms with Crippen molar-refractivity contribution in [3.63, 3.8) is 0 Å². The second-order valence-electron chi connectivity index (χ2n) is 3.79. The maximum absolute atomic E-state index is 13.6. The van der Waals surface area contributed by atoms with E-state index in [-0.39, 0.29) is 5.56 Å². The molecule has 0 spiro atoms. The zero-order valence-corrected chi connectivity index (χ0v) is 9.61. The number of nitrogens with one attached hydrogen (secondary N) is 1. The van der Waals surface area contributed by atoms with Crippen LogP contribution in [-0.4, -0.2) is 20.7 Å². The molecule has 1 aromatic rings. The number of fused-ring (bicyclic) bond motifs is 1. The Morgan fingerprint density at radius 3 is 2.38 bits per heavy atom. The summed E-state index contributed by atoms with van der Waals surface area (Å²) in [6.45, 7) is 1.44. The molecule has 1 heterocycles. The summed E-state index contributed by atoms with van der Waals surface area (Å²) >= 11 is 0. The van der Waals surface area contributed by atoms with E-state index >= 15 is 0 Å². The van der Waals surface area contributed by atoms with Gasteiger partial charge in [-0.2, -0.15) is 0 Å². The van der Waals surface area contributed by atoms with E-state index < -0.39 is 37.7 Å². The predicted octanol–water partition coefficient (Wildman–Crippen LogP) is 1.40. The van der Waals surface area contributed by atoms with Crippen molar-refractivity contribution in [2.75, 3.05) is 7.05 Å². The summed E-state index contributed by atoms with van der Waals surface area (Å²) in [5.74, 6) is -1.58. The molecule has 0 saturated heterocycles. The quantitative estimate of drug-likeness (QED) is 0.816. The van der Waals surface area contributed by atoms with Gasteiger partial charge in [-0.15, -0.1) is 0 Å². The van der Waals surface area contributed by atoms with Gasteiger partial charge in [0.25, 0.3) is 0 Å². The molecule has 2 rings (SSSR count). The molecule has 3 nitrogen and oxygen atoms in total. The smallest absolute Gasteiger partial charge is 0.186 e. The van der Waals surface area contributed by atoms with Crippen LogP contribution in [0.3, 0.4) is 0 Å². The monoisotopic (exact) mass is 247 g/mol. The fourth-order valence-corrected chi connectivity index (χ4v) is 3.98. The normalized spacial score (nSPS) is 26.8. The van der Waals surface area contributed by atoms with E-state index in [0.717, 1.165) is 12.1 Å². The van der Waals surface area contributed by atoms with Crippen LogP contribution in [-0.2, 0) is 9.84 Å². The molecule has 2 atom stereocenters. The predicted molar refractivity (Wildman–Crippen MR) is 54.8 cm³/mol. The zero-order valence-electron chi connectivity index (χ0n) is 8.79. The minimum Gasteiger partial charge on any atom is -0.312 e. The first kappa shape index (κ1) is 11.5. The third kappa shape index (κ3) is 1.29. The van der Waals surface area contributed by atoms with Gasteiger partial charge in [-0.1, -0.05) is 0 Å². The molecule has 1 aliphatic heterocycles. The minimum absolute atomic E-state index is 0.0880. The topological polar surface area (TPSA) is 46.2 Å². The van der Waals surface area contributed by atoms with Gasteiger partial charge in [0, 0.05) is 5.56 Å². The highest BCUT2D eigenvalue weighted by Crippen LogP contribution is 2.41. The van der Waals surface area contributed by atoms with Crippen molar-refractivity contribution in [2.24, 2.45) is 0 Å². The Labute approximate surface area is 92.4 Å². The van der Waals surface area contributed by atoms with Crippen LogP contribution in [0.4, 0.5) is 8.78 Å². The third-order valence-electron chi connectivity index (χ3n) is 2.96. The van der Waals surface area contributed by atoms with Gasteiger partial charge in [-0.05, 0) is 26.1 Å². The van der Waals surface area contributed by atoms with Gasteiger partial charge in [0.1, 0.15) is 16.5 Å². The van der Waals surface area contributed by atoms with E-state index in [1.54, 1.807) is 0 Å². The van der Waals surface area contributed by atoms with E-state index in [4.69, 9.17) is 0 Å². The average molecular weight is 247 g/mol. The highest BCUT2D eigenvalue weighted by molar-refractivity contribution is 7.92. The molecule has 0 aliphatic carbocycles. The molecule has 16 heavy (non-hydrogen) atoms. The number of hydrogen-bond donors (Lipinski definition) is 1. The van der Waals surface area contributed by atoms with E-state index in [1.165, 1.54) is 14.0 Å². The van der Waals surface area contributed by atoms with Crippen LogP contribution in [0.25, 0.3) is 0 Å². The third-order valence-corrected chi connectivity index (χ3v) is 5.20. The van der Waals surface area contributed by atoms with Crippen molar-refractivity contribution in [2.45, 2.75) is 23.1 Å². The molecule has 1 aromatic carbocycles.